The number of benzene rings is 4. The first-order chi connectivity index (χ1) is 29.0. The van der Waals surface area contributed by atoms with E-state index in [0.29, 0.717) is 25.9 Å². The van der Waals surface area contributed by atoms with Crippen molar-refractivity contribution in [2.75, 3.05) is 32.7 Å². The highest BCUT2D eigenvalue weighted by molar-refractivity contribution is 5.95. The molecule has 0 spiro atoms. The lowest BCUT2D eigenvalue weighted by atomic mass is 9.87. The molecule has 11 heteroatoms. The van der Waals surface area contributed by atoms with Gasteiger partial charge in [0.2, 0.25) is 5.91 Å². The molecule has 0 atom stereocenters. The summed E-state index contributed by atoms with van der Waals surface area (Å²) in [7, 11) is 0. The van der Waals surface area contributed by atoms with Crippen LogP contribution >= 0.6 is 0 Å². The summed E-state index contributed by atoms with van der Waals surface area (Å²) in [6.07, 6.45) is 8.85. The second kappa shape index (κ2) is 21.7. The first kappa shape index (κ1) is 44.1. The van der Waals surface area contributed by atoms with Gasteiger partial charge >= 0.3 is 12.1 Å². The Kier molecular flexibility index (Phi) is 16.0. The number of carbonyl (C=O) groups is 3. The van der Waals surface area contributed by atoms with E-state index in [1.54, 1.807) is 0 Å². The van der Waals surface area contributed by atoms with E-state index in [-0.39, 0.29) is 11.8 Å². The van der Waals surface area contributed by atoms with Gasteiger partial charge in [-0.25, -0.2) is 4.79 Å². The van der Waals surface area contributed by atoms with Gasteiger partial charge in [0.15, 0.2) is 0 Å². The third-order valence-corrected chi connectivity index (χ3v) is 11.9. The fourth-order valence-corrected chi connectivity index (χ4v) is 8.52. The molecular formula is C49H57F3N4O4. The number of carbonyl (C=O) groups excluding carboxylic acids is 2. The Balaban J connectivity index is 0.000000793. The van der Waals surface area contributed by atoms with Gasteiger partial charge in [-0.3, -0.25) is 9.59 Å². The molecule has 8 nitrogen and oxygen atoms in total. The Morgan fingerprint density at radius 2 is 1.37 bits per heavy atom. The van der Waals surface area contributed by atoms with E-state index >= 15 is 0 Å². The number of aliphatic carboxylic acids is 1. The number of hydrogen-bond acceptors (Lipinski definition) is 4. The smallest absolute Gasteiger partial charge is 0.475 e. The Labute approximate surface area is 351 Å². The topological polar surface area (TPSA) is 106 Å². The van der Waals surface area contributed by atoms with Crippen molar-refractivity contribution in [1.82, 2.24) is 20.1 Å². The molecule has 7 rings (SSSR count). The zero-order valence-electron chi connectivity index (χ0n) is 34.3. The second-order valence-corrected chi connectivity index (χ2v) is 16.2. The minimum atomic E-state index is -5.08. The van der Waals surface area contributed by atoms with Crippen LogP contribution < -0.4 is 5.32 Å². The van der Waals surface area contributed by atoms with Gasteiger partial charge in [-0.1, -0.05) is 98.1 Å². The average Bonchev–Trinajstić information content (AvgIpc) is 3.69. The molecule has 4 aromatic carbocycles. The highest BCUT2D eigenvalue weighted by atomic mass is 19.4. The SMILES string of the molecule is O=C(CCc1c[nH]c2ccccc12)N(CCCc1ccccc1)Cc1cccc(-c2cccc(C(=O)N3CCC(CCCC4CCNCC4)CC3)c2)c1.O=C(O)C(F)(F)F. The Bertz CT molecular complexity index is 2140. The molecule has 2 aliphatic heterocycles. The molecule has 3 heterocycles. The zero-order chi connectivity index (χ0) is 42.3. The number of amides is 2. The van der Waals surface area contributed by atoms with Crippen LogP contribution in [0.3, 0.4) is 0 Å². The van der Waals surface area contributed by atoms with Crippen LogP contribution in [0.2, 0.25) is 0 Å². The summed E-state index contributed by atoms with van der Waals surface area (Å²) in [4.78, 5) is 43.9. The predicted molar refractivity (Wildman–Crippen MR) is 230 cm³/mol. The quantitative estimate of drug-likeness (QED) is 0.0976. The Morgan fingerprint density at radius 1 is 0.733 bits per heavy atom. The minimum absolute atomic E-state index is 0.140. The number of hydrogen-bond donors (Lipinski definition) is 3. The van der Waals surface area contributed by atoms with Gasteiger partial charge < -0.3 is 25.2 Å². The number of para-hydroxylation sites is 1. The molecule has 0 saturated carbocycles. The number of aryl methyl sites for hydroxylation is 2. The number of nitrogens with one attached hydrogen (secondary N) is 2. The van der Waals surface area contributed by atoms with Crippen molar-refractivity contribution in [2.45, 2.75) is 83.4 Å². The first-order valence-electron chi connectivity index (χ1n) is 21.4. The van der Waals surface area contributed by atoms with Gasteiger partial charge in [-0.05, 0) is 122 Å². The lowest BCUT2D eigenvalue weighted by Crippen LogP contribution is -2.38. The van der Waals surface area contributed by atoms with Crippen LogP contribution in [0.15, 0.2) is 109 Å². The Hall–Kier alpha value is -5.42. The summed E-state index contributed by atoms with van der Waals surface area (Å²) < 4.78 is 31.7. The van der Waals surface area contributed by atoms with Crippen LogP contribution in [0.1, 0.15) is 84.8 Å². The molecule has 3 N–H and O–H groups in total. The van der Waals surface area contributed by atoms with Gasteiger partial charge in [0.1, 0.15) is 0 Å². The molecular weight excluding hydrogens is 766 g/mol. The third-order valence-electron chi connectivity index (χ3n) is 11.9. The highest BCUT2D eigenvalue weighted by Gasteiger charge is 2.38. The molecule has 5 aromatic rings. The van der Waals surface area contributed by atoms with Gasteiger partial charge in [0, 0.05) is 55.3 Å². The van der Waals surface area contributed by atoms with Gasteiger partial charge in [0.25, 0.3) is 5.91 Å². The lowest BCUT2D eigenvalue weighted by molar-refractivity contribution is -0.192. The monoisotopic (exact) mass is 822 g/mol. The second-order valence-electron chi connectivity index (χ2n) is 16.2. The van der Waals surface area contributed by atoms with E-state index in [0.717, 1.165) is 78.4 Å². The number of piperidine rings is 2. The molecule has 318 valence electrons. The maximum Gasteiger partial charge on any atom is 0.490 e. The molecule has 2 fully saturated rings. The summed E-state index contributed by atoms with van der Waals surface area (Å²) in [6, 6.07) is 35.4. The normalized spacial score (nSPS) is 15.0. The number of alkyl halides is 3. The predicted octanol–water partition coefficient (Wildman–Crippen LogP) is 10.1. The summed E-state index contributed by atoms with van der Waals surface area (Å²) >= 11 is 0. The van der Waals surface area contributed by atoms with Crippen molar-refractivity contribution in [2.24, 2.45) is 11.8 Å². The summed E-state index contributed by atoms with van der Waals surface area (Å²) in [6.45, 7) is 5.32. The number of carboxylic acid groups (broad SMARTS) is 1. The standard InChI is InChI=1S/C47H56N4O2.C2HF3O2/c52-46(22-21-43-34-49-45-20-5-4-19-44(43)45)51(29-9-15-36-10-2-1-3-11-36)35-39-14-7-16-40(32-39)41-17-8-18-42(33-41)47(53)50-30-25-38(26-31-50)13-6-12-37-23-27-48-28-24-37;3-2(4,5)1(6)7/h1-5,7-8,10-11,14,16-20,32-34,37-38,48-49H,6,9,12-13,15,21-31,35H2;(H,6,7). The number of rotatable bonds is 15. The van der Waals surface area contributed by atoms with Crippen molar-refractivity contribution in [3.63, 3.8) is 0 Å². The van der Waals surface area contributed by atoms with E-state index in [4.69, 9.17) is 9.90 Å². The van der Waals surface area contributed by atoms with Gasteiger partial charge in [-0.2, -0.15) is 13.2 Å². The minimum Gasteiger partial charge on any atom is -0.475 e. The summed E-state index contributed by atoms with van der Waals surface area (Å²) in [5.41, 5.74) is 7.54. The van der Waals surface area contributed by atoms with E-state index in [1.165, 1.54) is 61.7 Å². The van der Waals surface area contributed by atoms with E-state index in [2.05, 4.69) is 94.1 Å². The van der Waals surface area contributed by atoms with E-state index in [1.807, 2.05) is 35.4 Å². The molecule has 0 radical (unpaired) electrons. The van der Waals surface area contributed by atoms with Crippen molar-refractivity contribution in [3.05, 3.63) is 132 Å². The van der Waals surface area contributed by atoms with Crippen LogP contribution in [0.25, 0.3) is 22.0 Å². The number of carboxylic acids is 1. The molecule has 2 saturated heterocycles. The summed E-state index contributed by atoms with van der Waals surface area (Å²) in [5, 5.41) is 11.8. The highest BCUT2D eigenvalue weighted by Crippen LogP contribution is 2.28. The van der Waals surface area contributed by atoms with Gasteiger partial charge in [-0.15, -0.1) is 0 Å². The largest absolute Gasteiger partial charge is 0.490 e. The maximum absolute atomic E-state index is 13.9. The summed E-state index contributed by atoms with van der Waals surface area (Å²) in [5.74, 6) is -0.798. The number of nitrogens with zero attached hydrogens (tertiary/aromatic N) is 2. The molecule has 0 aliphatic carbocycles. The number of H-pyrrole nitrogens is 1. The fraction of sp³-hybridized carbons (Fsp3) is 0.408. The van der Waals surface area contributed by atoms with E-state index in [9.17, 15) is 22.8 Å². The number of aromatic amines is 1. The van der Waals surface area contributed by atoms with Crippen molar-refractivity contribution in [1.29, 1.82) is 0 Å². The number of aromatic nitrogens is 1. The van der Waals surface area contributed by atoms with Crippen LogP contribution in [-0.2, 0) is 29.0 Å². The van der Waals surface area contributed by atoms with Crippen molar-refractivity contribution < 1.29 is 32.7 Å². The van der Waals surface area contributed by atoms with Gasteiger partial charge in [0.05, 0.1) is 0 Å². The molecule has 0 bridgehead atoms. The van der Waals surface area contributed by atoms with Crippen LogP contribution in [0, 0.1) is 11.8 Å². The molecule has 0 unspecified atom stereocenters. The number of fused-ring (bicyclic) bond motifs is 1. The van der Waals surface area contributed by atoms with Crippen LogP contribution in [0.5, 0.6) is 0 Å². The number of likely N-dealkylation sites (tertiary alicyclic amines) is 1. The van der Waals surface area contributed by atoms with E-state index < -0.39 is 12.1 Å². The van der Waals surface area contributed by atoms with Crippen molar-refractivity contribution >= 4 is 28.7 Å². The lowest BCUT2D eigenvalue weighted by Gasteiger charge is -2.32. The molecule has 60 heavy (non-hydrogen) atoms. The number of halogens is 3. The zero-order valence-corrected chi connectivity index (χ0v) is 34.3. The first-order valence-corrected chi connectivity index (χ1v) is 21.4. The fourth-order valence-electron chi connectivity index (χ4n) is 8.52. The molecule has 1 aromatic heterocycles. The molecule has 2 amide bonds. The molecule has 2 aliphatic rings. The maximum atomic E-state index is 13.9. The van der Waals surface area contributed by atoms with Crippen LogP contribution in [-0.4, -0.2) is 76.6 Å². The third kappa shape index (κ3) is 13.0. The Morgan fingerprint density at radius 3 is 2.08 bits per heavy atom. The van der Waals surface area contributed by atoms with Crippen molar-refractivity contribution in [3.8, 4) is 11.1 Å². The average molecular weight is 823 g/mol. The van der Waals surface area contributed by atoms with Crippen LogP contribution in [0.4, 0.5) is 13.2 Å².